The minimum absolute atomic E-state index is 0.137. The van der Waals surface area contributed by atoms with E-state index >= 15 is 0 Å². The molecule has 0 bridgehead atoms. The summed E-state index contributed by atoms with van der Waals surface area (Å²) in [6, 6.07) is 22.7. The molecule has 0 aromatic heterocycles. The number of nitrogens with one attached hydrogen (secondary N) is 1. The molecule has 0 saturated carbocycles. The molecular formula is C27H28ClNO4. The Morgan fingerprint density at radius 2 is 1.58 bits per heavy atom. The second kappa shape index (κ2) is 11.0. The Balaban J connectivity index is 1.54. The highest BCUT2D eigenvalue weighted by atomic mass is 35.5. The van der Waals surface area contributed by atoms with E-state index in [1.54, 1.807) is 45.0 Å². The Bertz CT molecular complexity index is 1090. The lowest BCUT2D eigenvalue weighted by molar-refractivity contribution is -0.158. The van der Waals surface area contributed by atoms with Crippen molar-refractivity contribution in [2.45, 2.75) is 32.8 Å². The molecule has 33 heavy (non-hydrogen) atoms. The van der Waals surface area contributed by atoms with Crippen molar-refractivity contribution in [2.24, 2.45) is 0 Å². The van der Waals surface area contributed by atoms with Gasteiger partial charge in [0.25, 0.3) is 5.91 Å². The molecule has 172 valence electrons. The molecule has 0 unspecified atom stereocenters. The van der Waals surface area contributed by atoms with Crippen LogP contribution in [0.1, 0.15) is 36.7 Å². The predicted molar refractivity (Wildman–Crippen MR) is 131 cm³/mol. The monoisotopic (exact) mass is 465 g/mol. The third kappa shape index (κ3) is 6.83. The molecule has 0 aliphatic rings. The zero-order chi connectivity index (χ0) is 23.8. The topological polar surface area (TPSA) is 64.6 Å². The largest absolute Gasteiger partial charge is 0.476 e. The quantitative estimate of drug-likeness (QED) is 0.412. The van der Waals surface area contributed by atoms with Gasteiger partial charge < -0.3 is 14.8 Å². The van der Waals surface area contributed by atoms with Gasteiger partial charge in [-0.3, -0.25) is 4.79 Å². The van der Waals surface area contributed by atoms with E-state index in [-0.39, 0.29) is 5.91 Å². The zero-order valence-electron chi connectivity index (χ0n) is 19.1. The number of halogens is 1. The van der Waals surface area contributed by atoms with E-state index in [0.29, 0.717) is 29.5 Å². The molecule has 3 rings (SSSR count). The van der Waals surface area contributed by atoms with Crippen LogP contribution in [0.2, 0.25) is 5.02 Å². The summed E-state index contributed by atoms with van der Waals surface area (Å²) < 4.78 is 10.9. The van der Waals surface area contributed by atoms with Gasteiger partial charge in [-0.2, -0.15) is 0 Å². The summed E-state index contributed by atoms with van der Waals surface area (Å²) in [5.41, 5.74) is 2.73. The Morgan fingerprint density at radius 3 is 2.18 bits per heavy atom. The fourth-order valence-electron chi connectivity index (χ4n) is 3.27. The van der Waals surface area contributed by atoms with Crippen LogP contribution in [0.25, 0.3) is 11.1 Å². The van der Waals surface area contributed by atoms with E-state index in [1.807, 2.05) is 36.4 Å². The molecule has 6 heteroatoms. The number of ether oxygens (including phenoxy) is 2. The lowest BCUT2D eigenvalue weighted by Crippen LogP contribution is -2.39. The van der Waals surface area contributed by atoms with Crippen LogP contribution in [0, 0.1) is 0 Å². The maximum absolute atomic E-state index is 12.2. The van der Waals surface area contributed by atoms with Gasteiger partial charge in [0.1, 0.15) is 5.75 Å². The van der Waals surface area contributed by atoms with Crippen LogP contribution in [-0.2, 0) is 16.0 Å². The molecule has 3 aromatic rings. The number of carbonyl (C=O) groups excluding carboxylic acids is 2. The molecular weight excluding hydrogens is 438 g/mol. The van der Waals surface area contributed by atoms with Crippen LogP contribution in [-0.4, -0.2) is 30.6 Å². The lowest BCUT2D eigenvalue weighted by Gasteiger charge is -2.24. The van der Waals surface area contributed by atoms with E-state index in [9.17, 15) is 9.59 Å². The summed E-state index contributed by atoms with van der Waals surface area (Å²) in [6.07, 6.45) is 0.725. The molecule has 0 fully saturated rings. The minimum atomic E-state index is -1.05. The van der Waals surface area contributed by atoms with E-state index in [4.69, 9.17) is 21.1 Å². The van der Waals surface area contributed by atoms with Gasteiger partial charge in [0.05, 0.1) is 6.61 Å². The molecule has 0 heterocycles. The number of rotatable bonds is 9. The normalized spacial score (nSPS) is 11.0. The highest BCUT2D eigenvalue weighted by Gasteiger charge is 2.31. The molecule has 0 saturated heterocycles. The van der Waals surface area contributed by atoms with Gasteiger partial charge in [-0.25, -0.2) is 4.79 Å². The summed E-state index contributed by atoms with van der Waals surface area (Å²) in [6.45, 7) is 6.00. The molecule has 0 radical (unpaired) electrons. The van der Waals surface area contributed by atoms with Crippen LogP contribution >= 0.6 is 11.6 Å². The Labute approximate surface area is 199 Å². The number of hydrogen-bond donors (Lipinski definition) is 1. The van der Waals surface area contributed by atoms with Gasteiger partial charge in [0, 0.05) is 17.1 Å². The fourth-order valence-corrected chi connectivity index (χ4v) is 3.46. The Morgan fingerprint density at radius 1 is 0.939 bits per heavy atom. The molecule has 0 aliphatic carbocycles. The van der Waals surface area contributed by atoms with E-state index < -0.39 is 11.6 Å². The second-order valence-electron chi connectivity index (χ2n) is 8.07. The van der Waals surface area contributed by atoms with Crippen molar-refractivity contribution in [2.75, 3.05) is 13.2 Å². The van der Waals surface area contributed by atoms with Gasteiger partial charge in [0.15, 0.2) is 5.60 Å². The number of hydrogen-bond acceptors (Lipinski definition) is 4. The first-order chi connectivity index (χ1) is 15.8. The number of carbonyl (C=O) groups is 2. The summed E-state index contributed by atoms with van der Waals surface area (Å²) in [5, 5.41) is 3.46. The van der Waals surface area contributed by atoms with E-state index in [1.165, 1.54) is 0 Å². The molecule has 0 aliphatic heterocycles. The average molecular weight is 466 g/mol. The van der Waals surface area contributed by atoms with Crippen molar-refractivity contribution in [3.8, 4) is 16.9 Å². The van der Waals surface area contributed by atoms with Gasteiger partial charge in [-0.1, -0.05) is 54.1 Å². The first-order valence-corrected chi connectivity index (χ1v) is 11.3. The van der Waals surface area contributed by atoms with Crippen molar-refractivity contribution in [1.29, 1.82) is 0 Å². The van der Waals surface area contributed by atoms with Crippen LogP contribution in [0.15, 0.2) is 72.8 Å². The molecule has 0 spiro atoms. The maximum atomic E-state index is 12.2. The van der Waals surface area contributed by atoms with Gasteiger partial charge in [-0.15, -0.1) is 0 Å². The van der Waals surface area contributed by atoms with E-state index in [0.717, 1.165) is 23.1 Å². The highest BCUT2D eigenvalue weighted by Crippen LogP contribution is 2.25. The third-order valence-electron chi connectivity index (χ3n) is 5.07. The summed E-state index contributed by atoms with van der Waals surface area (Å²) in [4.78, 5) is 24.2. The third-order valence-corrected chi connectivity index (χ3v) is 5.30. The Hall–Kier alpha value is -3.31. The number of esters is 1. The van der Waals surface area contributed by atoms with Crippen molar-refractivity contribution < 1.29 is 19.1 Å². The standard InChI is InChI=1S/C27H28ClNO4/c1-4-32-26(31)27(2,3)33-24-14-12-21(13-15-24)20-10-8-19(9-11-20)16-17-29-25(30)22-6-5-7-23(28)18-22/h5-15,18H,4,16-17H2,1-3H3,(H,29,30). The predicted octanol–water partition coefficient (Wildman–Crippen LogP) is 5.70. The summed E-state index contributed by atoms with van der Waals surface area (Å²) in [5.74, 6) is 0.0693. The first kappa shape index (κ1) is 24.3. The summed E-state index contributed by atoms with van der Waals surface area (Å²) in [7, 11) is 0. The average Bonchev–Trinajstić information content (AvgIpc) is 2.80. The molecule has 3 aromatic carbocycles. The van der Waals surface area contributed by atoms with Crippen LogP contribution in [0.4, 0.5) is 0 Å². The van der Waals surface area contributed by atoms with E-state index in [2.05, 4.69) is 17.4 Å². The second-order valence-corrected chi connectivity index (χ2v) is 8.51. The van der Waals surface area contributed by atoms with Crippen LogP contribution < -0.4 is 10.1 Å². The summed E-state index contributed by atoms with van der Waals surface area (Å²) >= 11 is 5.94. The smallest absolute Gasteiger partial charge is 0.349 e. The fraction of sp³-hybridized carbons (Fsp3) is 0.259. The maximum Gasteiger partial charge on any atom is 0.349 e. The highest BCUT2D eigenvalue weighted by molar-refractivity contribution is 6.30. The molecule has 1 amide bonds. The number of amides is 1. The van der Waals surface area contributed by atoms with Gasteiger partial charge in [-0.05, 0) is 74.2 Å². The van der Waals surface area contributed by atoms with Crippen molar-refractivity contribution in [3.05, 3.63) is 88.9 Å². The minimum Gasteiger partial charge on any atom is -0.476 e. The van der Waals surface area contributed by atoms with Crippen molar-refractivity contribution in [3.63, 3.8) is 0 Å². The van der Waals surface area contributed by atoms with Gasteiger partial charge >= 0.3 is 5.97 Å². The van der Waals surface area contributed by atoms with Crippen molar-refractivity contribution >= 4 is 23.5 Å². The van der Waals surface area contributed by atoms with Crippen LogP contribution in [0.5, 0.6) is 5.75 Å². The zero-order valence-corrected chi connectivity index (χ0v) is 19.8. The SMILES string of the molecule is CCOC(=O)C(C)(C)Oc1ccc(-c2ccc(CCNC(=O)c3cccc(Cl)c3)cc2)cc1. The lowest BCUT2D eigenvalue weighted by atomic mass is 10.0. The molecule has 5 nitrogen and oxygen atoms in total. The first-order valence-electron chi connectivity index (χ1n) is 10.9. The van der Waals surface area contributed by atoms with Crippen LogP contribution in [0.3, 0.4) is 0 Å². The van der Waals surface area contributed by atoms with Gasteiger partial charge in [0.2, 0.25) is 0 Å². The van der Waals surface area contributed by atoms with Crippen molar-refractivity contribution in [1.82, 2.24) is 5.32 Å². The molecule has 0 atom stereocenters. The Kier molecular flexibility index (Phi) is 8.12. The molecule has 1 N–H and O–H groups in total. The number of benzene rings is 3.